The van der Waals surface area contributed by atoms with Gasteiger partial charge in [0.25, 0.3) is 15.9 Å². The summed E-state index contributed by atoms with van der Waals surface area (Å²) in [5.41, 5.74) is 7.37. The molecule has 1 fully saturated rings. The van der Waals surface area contributed by atoms with Gasteiger partial charge in [0.05, 0.1) is 11.9 Å². The first kappa shape index (κ1) is 35.7. The fourth-order valence-electron chi connectivity index (χ4n) is 7.30. The lowest BCUT2D eigenvalue weighted by molar-refractivity contribution is 0.0971. The fourth-order valence-corrected chi connectivity index (χ4v) is 8.49. The summed E-state index contributed by atoms with van der Waals surface area (Å²) < 4.78 is 37.6. The van der Waals surface area contributed by atoms with E-state index in [-0.39, 0.29) is 21.8 Å². The standard InChI is InChI=1S/C39H44ClN7O4S/c1-25-26(2)43-45(5)36(25)38(48)44-52(49,50)35-11-10-31(21-34(35)51-32-20-28-13-15-41-37(28)42-23-32)47-18-16-46(17-19-47)24-29-12-14-39(3,4)22-33(29)27-6-8-30(40)9-7-27/h6-11,13,15,20-21,23H,12,14,16-19,22,24H2,1-5H3,(H,41,42)(H,44,48). The number of rotatable bonds is 9. The number of aromatic nitrogens is 4. The van der Waals surface area contributed by atoms with Crippen molar-refractivity contribution in [1.82, 2.24) is 29.4 Å². The Morgan fingerprint density at radius 2 is 1.79 bits per heavy atom. The Kier molecular flexibility index (Phi) is 9.66. The largest absolute Gasteiger partial charge is 0.454 e. The molecule has 5 aromatic rings. The number of piperazine rings is 1. The monoisotopic (exact) mass is 741 g/mol. The second kappa shape index (κ2) is 14.1. The van der Waals surface area contributed by atoms with Gasteiger partial charge in [-0.05, 0) is 86.1 Å². The summed E-state index contributed by atoms with van der Waals surface area (Å²) in [6.45, 7) is 12.3. The van der Waals surface area contributed by atoms with Crippen molar-refractivity contribution in [3.8, 4) is 11.5 Å². The molecule has 0 saturated carbocycles. The van der Waals surface area contributed by atoms with Crippen molar-refractivity contribution in [2.24, 2.45) is 12.5 Å². The summed E-state index contributed by atoms with van der Waals surface area (Å²) in [5, 5.41) is 5.83. The number of nitrogens with one attached hydrogen (secondary N) is 2. The molecule has 52 heavy (non-hydrogen) atoms. The van der Waals surface area contributed by atoms with Crippen LogP contribution in [0.2, 0.25) is 5.02 Å². The van der Waals surface area contributed by atoms with E-state index in [4.69, 9.17) is 16.3 Å². The number of H-pyrrole nitrogens is 1. The number of fused-ring (bicyclic) bond motifs is 1. The molecule has 2 aromatic carbocycles. The van der Waals surface area contributed by atoms with Crippen molar-refractivity contribution < 1.29 is 17.9 Å². The normalized spacial score (nSPS) is 16.8. The number of ether oxygens (including phenoxy) is 1. The van der Waals surface area contributed by atoms with Crippen molar-refractivity contribution >= 4 is 49.8 Å². The van der Waals surface area contributed by atoms with Crippen molar-refractivity contribution in [3.05, 3.63) is 100 Å². The summed E-state index contributed by atoms with van der Waals surface area (Å²) in [7, 11) is -2.75. The van der Waals surface area contributed by atoms with Crippen LogP contribution in [0.25, 0.3) is 16.6 Å². The van der Waals surface area contributed by atoms with Crippen LogP contribution in [0.4, 0.5) is 5.69 Å². The van der Waals surface area contributed by atoms with E-state index in [0.717, 1.165) is 68.1 Å². The van der Waals surface area contributed by atoms with Gasteiger partial charge < -0.3 is 14.6 Å². The highest BCUT2D eigenvalue weighted by Gasteiger charge is 2.31. The summed E-state index contributed by atoms with van der Waals surface area (Å²) >= 11 is 6.22. The van der Waals surface area contributed by atoms with Crippen molar-refractivity contribution in [1.29, 1.82) is 0 Å². The number of pyridine rings is 1. The van der Waals surface area contributed by atoms with Crippen LogP contribution < -0.4 is 14.4 Å². The smallest absolute Gasteiger partial charge is 0.283 e. The van der Waals surface area contributed by atoms with Gasteiger partial charge in [-0.25, -0.2) is 18.1 Å². The Hall–Kier alpha value is -4.65. The zero-order valence-electron chi connectivity index (χ0n) is 30.2. The van der Waals surface area contributed by atoms with Crippen LogP contribution in [0.1, 0.15) is 60.4 Å². The number of aryl methyl sites for hydroxylation is 2. The number of anilines is 1. The third kappa shape index (κ3) is 7.46. The number of amides is 1. The van der Waals surface area contributed by atoms with E-state index in [2.05, 4.69) is 55.6 Å². The second-order valence-electron chi connectivity index (χ2n) is 14.6. The highest BCUT2D eigenvalue weighted by Crippen LogP contribution is 2.43. The number of aromatic amines is 1. The maximum absolute atomic E-state index is 13.8. The quantitative estimate of drug-likeness (QED) is 0.162. The maximum atomic E-state index is 13.8. The molecule has 4 heterocycles. The van der Waals surface area contributed by atoms with Crippen LogP contribution in [-0.4, -0.2) is 71.7 Å². The first-order chi connectivity index (χ1) is 24.8. The molecule has 1 amide bonds. The first-order valence-corrected chi connectivity index (χ1v) is 19.4. The van der Waals surface area contributed by atoms with Crippen molar-refractivity contribution in [2.45, 2.75) is 51.9 Å². The minimum absolute atomic E-state index is 0.0948. The van der Waals surface area contributed by atoms with Crippen LogP contribution in [0, 0.1) is 19.3 Å². The van der Waals surface area contributed by atoms with E-state index < -0.39 is 15.9 Å². The molecule has 11 nitrogen and oxygen atoms in total. The summed E-state index contributed by atoms with van der Waals surface area (Å²) in [5.74, 6) is -0.300. The number of hydrogen-bond acceptors (Lipinski definition) is 8. The molecule has 0 radical (unpaired) electrons. The highest BCUT2D eigenvalue weighted by molar-refractivity contribution is 7.90. The number of nitrogens with zero attached hydrogens (tertiary/aromatic N) is 5. The van der Waals surface area contributed by atoms with Crippen LogP contribution in [0.15, 0.2) is 77.5 Å². The predicted molar refractivity (Wildman–Crippen MR) is 205 cm³/mol. The average molecular weight is 742 g/mol. The number of carbonyl (C=O) groups excluding carboxylic acids is 1. The summed E-state index contributed by atoms with van der Waals surface area (Å²) in [6, 6.07) is 16.9. The number of benzene rings is 2. The molecule has 0 unspecified atom stereocenters. The Morgan fingerprint density at radius 1 is 1.04 bits per heavy atom. The fraction of sp³-hybridized carbons (Fsp3) is 0.359. The number of halogens is 1. The molecule has 0 bridgehead atoms. The predicted octanol–water partition coefficient (Wildman–Crippen LogP) is 7.26. The van der Waals surface area contributed by atoms with Crippen LogP contribution in [0.3, 0.4) is 0 Å². The zero-order chi connectivity index (χ0) is 36.8. The van der Waals surface area contributed by atoms with Crippen molar-refractivity contribution in [3.63, 3.8) is 0 Å². The first-order valence-electron chi connectivity index (χ1n) is 17.5. The van der Waals surface area contributed by atoms with E-state index in [0.29, 0.717) is 22.7 Å². The lowest BCUT2D eigenvalue weighted by atomic mass is 9.72. The molecule has 2 N–H and O–H groups in total. The van der Waals surface area contributed by atoms with Crippen LogP contribution in [-0.2, 0) is 17.1 Å². The SMILES string of the molecule is Cc1nn(C)c(C(=O)NS(=O)(=O)c2ccc(N3CCN(CC4=C(c5ccc(Cl)cc5)CC(C)(C)CC4)CC3)cc2Oc2cnc3[nH]ccc3c2)c1C. The third-order valence-electron chi connectivity index (χ3n) is 10.3. The van der Waals surface area contributed by atoms with Gasteiger partial charge in [0.15, 0.2) is 0 Å². The Labute approximate surface area is 309 Å². The number of hydrogen-bond donors (Lipinski definition) is 2. The molecule has 0 atom stereocenters. The van der Waals surface area contributed by atoms with Gasteiger partial charge in [-0.2, -0.15) is 5.10 Å². The number of allylic oxidation sites excluding steroid dienone is 1. The molecular weight excluding hydrogens is 698 g/mol. The second-order valence-corrected chi connectivity index (χ2v) is 16.7. The average Bonchev–Trinajstić information content (AvgIpc) is 3.67. The molecular formula is C39H44ClN7O4S. The lowest BCUT2D eigenvalue weighted by Crippen LogP contribution is -2.47. The van der Waals surface area contributed by atoms with Gasteiger partial charge in [0.1, 0.15) is 27.7 Å². The van der Waals surface area contributed by atoms with Crippen LogP contribution in [0.5, 0.6) is 11.5 Å². The summed E-state index contributed by atoms with van der Waals surface area (Å²) in [6.07, 6.45) is 6.59. The molecule has 1 saturated heterocycles. The van der Waals surface area contributed by atoms with Gasteiger partial charge >= 0.3 is 0 Å². The minimum Gasteiger partial charge on any atom is -0.454 e. The molecule has 1 aliphatic heterocycles. The van der Waals surface area contributed by atoms with E-state index >= 15 is 0 Å². The minimum atomic E-state index is -4.36. The molecule has 2 aliphatic rings. The van der Waals surface area contributed by atoms with Gasteiger partial charge in [0.2, 0.25) is 0 Å². The Morgan fingerprint density at radius 3 is 2.50 bits per heavy atom. The van der Waals surface area contributed by atoms with Gasteiger partial charge in [-0.1, -0.05) is 43.2 Å². The van der Waals surface area contributed by atoms with Gasteiger partial charge in [0, 0.05) is 73.7 Å². The van der Waals surface area contributed by atoms with E-state index in [9.17, 15) is 13.2 Å². The van der Waals surface area contributed by atoms with Crippen LogP contribution >= 0.6 is 11.6 Å². The number of carbonyl (C=O) groups is 1. The Balaban J connectivity index is 1.13. The van der Waals surface area contributed by atoms with Gasteiger partial charge in [-0.3, -0.25) is 14.4 Å². The highest BCUT2D eigenvalue weighted by atomic mass is 35.5. The third-order valence-corrected chi connectivity index (χ3v) is 11.9. The van der Waals surface area contributed by atoms with E-state index in [1.165, 1.54) is 27.5 Å². The molecule has 7 rings (SSSR count). The maximum Gasteiger partial charge on any atom is 0.283 e. The number of sulfonamides is 1. The van der Waals surface area contributed by atoms with E-state index in [1.54, 1.807) is 51.5 Å². The molecule has 13 heteroatoms. The Bertz CT molecular complexity index is 2280. The molecule has 1 aliphatic carbocycles. The van der Waals surface area contributed by atoms with Crippen molar-refractivity contribution in [2.75, 3.05) is 37.6 Å². The molecule has 3 aromatic heterocycles. The van der Waals surface area contributed by atoms with E-state index in [1.807, 2.05) is 18.2 Å². The molecule has 0 spiro atoms. The summed E-state index contributed by atoms with van der Waals surface area (Å²) in [4.78, 5) is 25.3. The zero-order valence-corrected chi connectivity index (χ0v) is 31.7. The topological polar surface area (TPSA) is 125 Å². The molecule has 272 valence electrons. The lowest BCUT2D eigenvalue weighted by Gasteiger charge is -2.39. The van der Waals surface area contributed by atoms with Gasteiger partial charge in [-0.15, -0.1) is 0 Å².